The van der Waals surface area contributed by atoms with E-state index in [4.69, 9.17) is 18.7 Å². The number of amides is 1. The molecule has 2 aromatic heterocycles. The van der Waals surface area contributed by atoms with Crippen LogP contribution in [0.25, 0.3) is 11.2 Å². The number of ether oxygens (including phenoxy) is 3. The summed E-state index contributed by atoms with van der Waals surface area (Å²) in [6.45, 7) is 3.71. The molecule has 2 aliphatic heterocycles. The van der Waals surface area contributed by atoms with Crippen LogP contribution in [0.2, 0.25) is 0 Å². The molecule has 0 radical (unpaired) electrons. The van der Waals surface area contributed by atoms with Crippen LogP contribution in [0.3, 0.4) is 0 Å². The first-order chi connectivity index (χ1) is 15.3. The van der Waals surface area contributed by atoms with Crippen molar-refractivity contribution in [3.8, 4) is 0 Å². The van der Waals surface area contributed by atoms with Gasteiger partial charge in [0.05, 0.1) is 6.33 Å². The highest BCUT2D eigenvalue weighted by Gasteiger charge is 2.55. The molecule has 0 aliphatic carbocycles. The Morgan fingerprint density at radius 3 is 2.81 bits per heavy atom. The summed E-state index contributed by atoms with van der Waals surface area (Å²) >= 11 is 0. The summed E-state index contributed by atoms with van der Waals surface area (Å²) in [5.74, 6) is -0.494. The summed E-state index contributed by atoms with van der Waals surface area (Å²) in [7, 11) is -4.03. The number of fused-ring (bicyclic) bond motifs is 2. The first kappa shape index (κ1) is 22.7. The molecule has 5 atom stereocenters. The lowest BCUT2D eigenvalue weighted by atomic mass is 10.2. The summed E-state index contributed by atoms with van der Waals surface area (Å²) in [5, 5.41) is 2.70. The van der Waals surface area contributed by atoms with E-state index in [9.17, 15) is 19.0 Å². The number of carbonyl (C=O) groups excluding carboxylic acids is 2. The highest BCUT2D eigenvalue weighted by molar-refractivity contribution is 7.52. The molecule has 5 unspecified atom stereocenters. The summed E-state index contributed by atoms with van der Waals surface area (Å²) in [5.41, 5.74) is 0.614. The van der Waals surface area contributed by atoms with E-state index in [1.165, 1.54) is 17.2 Å². The molecule has 0 saturated carbocycles. The molecule has 2 aliphatic rings. The van der Waals surface area contributed by atoms with Crippen molar-refractivity contribution in [3.63, 3.8) is 0 Å². The van der Waals surface area contributed by atoms with Gasteiger partial charge in [-0.15, -0.1) is 0 Å². The van der Waals surface area contributed by atoms with Crippen molar-refractivity contribution in [2.75, 3.05) is 11.7 Å². The average Bonchev–Trinajstić information content (AvgIpc) is 3.30. The summed E-state index contributed by atoms with van der Waals surface area (Å²) in [6, 6.07) is 0. The smallest absolute Gasteiger partial charge is 0.354 e. The van der Waals surface area contributed by atoms with E-state index in [0.29, 0.717) is 30.4 Å². The highest BCUT2D eigenvalue weighted by atomic mass is 31.2. The van der Waals surface area contributed by atoms with Crippen molar-refractivity contribution in [3.05, 3.63) is 12.7 Å². The van der Waals surface area contributed by atoms with E-state index in [1.807, 2.05) is 13.8 Å². The van der Waals surface area contributed by atoms with Crippen LogP contribution in [-0.2, 0) is 32.9 Å². The van der Waals surface area contributed by atoms with Crippen LogP contribution in [-0.4, -0.2) is 61.1 Å². The van der Waals surface area contributed by atoms with Crippen LogP contribution in [0.4, 0.5) is 5.82 Å². The molecule has 2 saturated heterocycles. The van der Waals surface area contributed by atoms with Gasteiger partial charge < -0.3 is 24.4 Å². The maximum atomic E-state index is 12.2. The largest absolute Gasteiger partial charge is 0.454 e. The Labute approximate surface area is 183 Å². The zero-order chi connectivity index (χ0) is 22.9. The van der Waals surface area contributed by atoms with Gasteiger partial charge in [-0.25, -0.2) is 15.0 Å². The Balaban J connectivity index is 1.68. The van der Waals surface area contributed by atoms with Crippen LogP contribution in [0, 0.1) is 0 Å². The van der Waals surface area contributed by atoms with E-state index >= 15 is 0 Å². The maximum absolute atomic E-state index is 12.2. The fourth-order valence-electron chi connectivity index (χ4n) is 3.56. The van der Waals surface area contributed by atoms with Gasteiger partial charge in [0.25, 0.3) is 0 Å². The number of aromatic nitrogens is 4. The molecule has 0 bridgehead atoms. The quantitative estimate of drug-likeness (QED) is 0.448. The molecule has 14 heteroatoms. The number of imidazole rings is 1. The molecular formula is C18H24N5O8P. The molecule has 32 heavy (non-hydrogen) atoms. The number of esters is 1. The molecule has 13 nitrogen and oxygen atoms in total. The Bertz CT molecular complexity index is 1060. The summed E-state index contributed by atoms with van der Waals surface area (Å²) in [4.78, 5) is 46.7. The normalized spacial score (nSPS) is 29.6. The molecule has 1 amide bonds. The van der Waals surface area contributed by atoms with Crippen LogP contribution in [0.1, 0.15) is 45.8 Å². The first-order valence-electron chi connectivity index (χ1n) is 10.3. The second-order valence-corrected chi connectivity index (χ2v) is 9.19. The number of nitrogens with zero attached hydrogens (tertiary/aromatic N) is 4. The van der Waals surface area contributed by atoms with Crippen molar-refractivity contribution in [1.29, 1.82) is 0 Å². The van der Waals surface area contributed by atoms with Crippen molar-refractivity contribution in [2.24, 2.45) is 0 Å². The topological polar surface area (TPSA) is 164 Å². The molecule has 0 spiro atoms. The van der Waals surface area contributed by atoms with Gasteiger partial charge in [0.1, 0.15) is 6.33 Å². The second-order valence-electron chi connectivity index (χ2n) is 7.45. The first-order valence-corrected chi connectivity index (χ1v) is 12.0. The van der Waals surface area contributed by atoms with Crippen LogP contribution < -0.4 is 5.32 Å². The fourth-order valence-corrected chi connectivity index (χ4v) is 4.55. The van der Waals surface area contributed by atoms with Gasteiger partial charge in [0.2, 0.25) is 5.91 Å². The lowest BCUT2D eigenvalue weighted by Gasteiger charge is -2.30. The number of hydrogen-bond donors (Lipinski definition) is 2. The van der Waals surface area contributed by atoms with Gasteiger partial charge in [0, 0.05) is 12.8 Å². The Kier molecular flexibility index (Phi) is 6.54. The minimum Gasteiger partial charge on any atom is -0.454 e. The number of carbonyl (C=O) groups is 2. The lowest BCUT2D eigenvalue weighted by molar-refractivity contribution is -0.178. The third-order valence-electron chi connectivity index (χ3n) is 4.92. The van der Waals surface area contributed by atoms with Crippen LogP contribution in [0.15, 0.2) is 12.7 Å². The molecular weight excluding hydrogens is 445 g/mol. The van der Waals surface area contributed by atoms with Gasteiger partial charge in [-0.1, -0.05) is 13.8 Å². The SMILES string of the molecule is CCCC(=O)Nc1ncnc2c1ncn2C1OC2OCP(=O)(O)OC2C1OC(=O)CCC. The van der Waals surface area contributed by atoms with Gasteiger partial charge in [0.15, 0.2) is 48.1 Å². The monoisotopic (exact) mass is 469 g/mol. The zero-order valence-electron chi connectivity index (χ0n) is 17.5. The van der Waals surface area contributed by atoms with Crippen molar-refractivity contribution in [2.45, 2.75) is 64.3 Å². The predicted octanol–water partition coefficient (Wildman–Crippen LogP) is 1.69. The minimum atomic E-state index is -4.03. The van der Waals surface area contributed by atoms with Crippen molar-refractivity contribution < 1.29 is 37.8 Å². The number of hydrogen-bond acceptors (Lipinski definition) is 10. The lowest BCUT2D eigenvalue weighted by Crippen LogP contribution is -2.41. The van der Waals surface area contributed by atoms with Crippen LogP contribution in [0.5, 0.6) is 0 Å². The standard InChI is InChI=1S/C18H24N5O8P/c1-3-5-10(24)22-15-12-16(20-7-19-15)23(8-21-12)17-13(29-11(25)6-4-2)14-18(30-17)28-9-32(26,27)31-14/h7-8,13-14,17-18H,3-6,9H2,1-2H3,(H,26,27)(H,19,20,22,24). The van der Waals surface area contributed by atoms with E-state index in [0.717, 1.165) is 0 Å². The van der Waals surface area contributed by atoms with Gasteiger partial charge in [-0.2, -0.15) is 0 Å². The molecule has 2 aromatic rings. The minimum absolute atomic E-state index is 0.151. The second kappa shape index (κ2) is 9.20. The Morgan fingerprint density at radius 2 is 2.06 bits per heavy atom. The van der Waals surface area contributed by atoms with Crippen molar-refractivity contribution >= 4 is 36.5 Å². The number of rotatable bonds is 7. The molecule has 4 heterocycles. The highest BCUT2D eigenvalue weighted by Crippen LogP contribution is 2.52. The van der Waals surface area contributed by atoms with Gasteiger partial charge in [-0.3, -0.25) is 23.2 Å². The van der Waals surface area contributed by atoms with Gasteiger partial charge in [-0.05, 0) is 12.8 Å². The van der Waals surface area contributed by atoms with E-state index in [1.54, 1.807) is 0 Å². The number of anilines is 1. The van der Waals surface area contributed by atoms with E-state index in [2.05, 4.69) is 20.3 Å². The molecule has 4 rings (SSSR count). The number of nitrogens with one attached hydrogen (secondary N) is 1. The predicted molar refractivity (Wildman–Crippen MR) is 108 cm³/mol. The van der Waals surface area contributed by atoms with E-state index in [-0.39, 0.29) is 18.1 Å². The molecule has 0 aromatic carbocycles. The third kappa shape index (κ3) is 4.52. The van der Waals surface area contributed by atoms with Crippen LogP contribution >= 0.6 is 7.60 Å². The van der Waals surface area contributed by atoms with E-state index < -0.39 is 44.6 Å². The molecule has 174 valence electrons. The Hall–Kier alpha value is -2.44. The zero-order valence-corrected chi connectivity index (χ0v) is 18.4. The third-order valence-corrected chi connectivity index (χ3v) is 5.97. The van der Waals surface area contributed by atoms with Gasteiger partial charge >= 0.3 is 13.6 Å². The van der Waals surface area contributed by atoms with Crippen molar-refractivity contribution in [1.82, 2.24) is 19.5 Å². The summed E-state index contributed by atoms with van der Waals surface area (Å²) < 4.78 is 35.7. The average molecular weight is 469 g/mol. The molecule has 2 fully saturated rings. The summed E-state index contributed by atoms with van der Waals surface area (Å²) in [6.07, 6.45) is -0.413. The maximum Gasteiger partial charge on any atom is 0.354 e. The fraction of sp³-hybridized carbons (Fsp3) is 0.611. The Morgan fingerprint density at radius 1 is 1.28 bits per heavy atom. The molecule has 2 N–H and O–H groups in total.